The molecule has 0 fully saturated rings. The van der Waals surface area contributed by atoms with Crippen molar-refractivity contribution >= 4 is 23.5 Å². The summed E-state index contributed by atoms with van der Waals surface area (Å²) >= 11 is 0.909. The molecule has 86 valence electrons. The van der Waals surface area contributed by atoms with Crippen molar-refractivity contribution in [1.82, 2.24) is 0 Å². The van der Waals surface area contributed by atoms with E-state index in [0.29, 0.717) is 0 Å². The van der Waals surface area contributed by atoms with Gasteiger partial charge >= 0.3 is 5.97 Å². The molecule has 16 heavy (non-hydrogen) atoms. The number of hydrogen-bond donors (Lipinski definition) is 1. The van der Waals surface area contributed by atoms with Gasteiger partial charge in [-0.2, -0.15) is 0 Å². The minimum Gasteiger partial charge on any atom is -0.481 e. The Labute approximate surface area is 94.5 Å². The van der Waals surface area contributed by atoms with Gasteiger partial charge in [0.15, 0.2) is 17.4 Å². The first kappa shape index (κ1) is 12.6. The van der Waals surface area contributed by atoms with Crippen molar-refractivity contribution in [3.05, 3.63) is 35.4 Å². The SMILES string of the molecule is O=C(O)CSCC(=O)c1ccc(F)c(F)c1. The third kappa shape index (κ3) is 3.62. The molecule has 6 heteroatoms. The number of aliphatic carboxylic acids is 1. The molecule has 0 aliphatic carbocycles. The number of Topliss-reactive ketones (excluding diaryl/α,β-unsaturated/α-hetero) is 1. The molecular weight excluding hydrogens is 238 g/mol. The summed E-state index contributed by atoms with van der Waals surface area (Å²) < 4.78 is 25.3. The van der Waals surface area contributed by atoms with E-state index in [0.717, 1.165) is 23.9 Å². The Balaban J connectivity index is 2.59. The van der Waals surface area contributed by atoms with Gasteiger partial charge in [-0.3, -0.25) is 9.59 Å². The minimum absolute atomic E-state index is 0.0387. The number of carbonyl (C=O) groups is 2. The summed E-state index contributed by atoms with van der Waals surface area (Å²) in [6.07, 6.45) is 0. The third-order valence-corrected chi connectivity index (χ3v) is 2.62. The van der Waals surface area contributed by atoms with Crippen LogP contribution in [0.3, 0.4) is 0 Å². The fourth-order valence-corrected chi connectivity index (χ4v) is 1.61. The fourth-order valence-electron chi connectivity index (χ4n) is 0.984. The van der Waals surface area contributed by atoms with Crippen LogP contribution in [0.15, 0.2) is 18.2 Å². The molecule has 1 aromatic carbocycles. The Morgan fingerprint density at radius 3 is 2.44 bits per heavy atom. The van der Waals surface area contributed by atoms with Gasteiger partial charge in [-0.1, -0.05) is 0 Å². The van der Waals surface area contributed by atoms with E-state index in [4.69, 9.17) is 5.11 Å². The topological polar surface area (TPSA) is 54.4 Å². The van der Waals surface area contributed by atoms with Crippen LogP contribution in [0.4, 0.5) is 8.78 Å². The Morgan fingerprint density at radius 2 is 1.88 bits per heavy atom. The lowest BCUT2D eigenvalue weighted by atomic mass is 10.1. The second-order valence-electron chi connectivity index (χ2n) is 2.94. The van der Waals surface area contributed by atoms with Crippen LogP contribution in [-0.2, 0) is 4.79 Å². The third-order valence-electron chi connectivity index (χ3n) is 1.70. The molecule has 1 rings (SSSR count). The molecule has 3 nitrogen and oxygen atoms in total. The Bertz CT molecular complexity index is 421. The summed E-state index contributed by atoms with van der Waals surface area (Å²) in [5, 5.41) is 8.34. The number of carboxylic acids is 1. The number of thioether (sulfide) groups is 1. The summed E-state index contributed by atoms with van der Waals surface area (Å²) in [4.78, 5) is 21.6. The molecule has 0 saturated heterocycles. The van der Waals surface area contributed by atoms with Crippen molar-refractivity contribution in [3.63, 3.8) is 0 Å². The maximum atomic E-state index is 12.8. The van der Waals surface area contributed by atoms with Crippen molar-refractivity contribution in [2.24, 2.45) is 0 Å². The van der Waals surface area contributed by atoms with Gasteiger partial charge in [0.25, 0.3) is 0 Å². The highest BCUT2D eigenvalue weighted by molar-refractivity contribution is 8.00. The summed E-state index contributed by atoms with van der Waals surface area (Å²) in [5.41, 5.74) is 0.0387. The zero-order chi connectivity index (χ0) is 12.1. The van der Waals surface area contributed by atoms with Crippen LogP contribution in [0.25, 0.3) is 0 Å². The van der Waals surface area contributed by atoms with Crippen LogP contribution in [0, 0.1) is 11.6 Å². The van der Waals surface area contributed by atoms with Gasteiger partial charge in [-0.05, 0) is 18.2 Å². The van der Waals surface area contributed by atoms with E-state index in [1.807, 2.05) is 0 Å². The normalized spacial score (nSPS) is 10.1. The fraction of sp³-hybridized carbons (Fsp3) is 0.200. The molecule has 0 aliphatic heterocycles. The molecule has 0 aromatic heterocycles. The molecule has 1 aromatic rings. The summed E-state index contributed by atoms with van der Waals surface area (Å²) in [7, 11) is 0. The first-order valence-electron chi connectivity index (χ1n) is 4.28. The highest BCUT2D eigenvalue weighted by atomic mass is 32.2. The predicted octanol–water partition coefficient (Wildman–Crippen LogP) is 1.97. The van der Waals surface area contributed by atoms with Crippen molar-refractivity contribution < 1.29 is 23.5 Å². The van der Waals surface area contributed by atoms with E-state index < -0.39 is 23.4 Å². The number of benzene rings is 1. The van der Waals surface area contributed by atoms with Crippen molar-refractivity contribution in [2.45, 2.75) is 0 Å². The lowest BCUT2D eigenvalue weighted by Crippen LogP contribution is -2.07. The van der Waals surface area contributed by atoms with Gasteiger partial charge in [0.2, 0.25) is 0 Å². The van der Waals surface area contributed by atoms with Crippen LogP contribution < -0.4 is 0 Å². The number of ketones is 1. The van der Waals surface area contributed by atoms with Gasteiger partial charge in [0, 0.05) is 5.56 Å². The summed E-state index contributed by atoms with van der Waals surface area (Å²) in [6, 6.07) is 2.84. The van der Waals surface area contributed by atoms with Crippen LogP contribution in [0.1, 0.15) is 10.4 Å². The van der Waals surface area contributed by atoms with E-state index in [1.165, 1.54) is 6.07 Å². The quantitative estimate of drug-likeness (QED) is 0.807. The average molecular weight is 246 g/mol. The van der Waals surface area contributed by atoms with Crippen LogP contribution in [-0.4, -0.2) is 28.4 Å². The molecule has 0 aliphatic rings. The molecule has 0 heterocycles. The molecule has 0 bridgehead atoms. The molecule has 0 radical (unpaired) electrons. The molecular formula is C10H8F2O3S. The van der Waals surface area contributed by atoms with Gasteiger partial charge in [-0.25, -0.2) is 8.78 Å². The van der Waals surface area contributed by atoms with E-state index in [2.05, 4.69) is 0 Å². The smallest absolute Gasteiger partial charge is 0.313 e. The monoisotopic (exact) mass is 246 g/mol. The summed E-state index contributed by atoms with van der Waals surface area (Å²) in [5.74, 6) is -3.83. The van der Waals surface area contributed by atoms with Gasteiger partial charge < -0.3 is 5.11 Å². The Kier molecular flexibility index (Phi) is 4.42. The number of carboxylic acid groups (broad SMARTS) is 1. The molecule has 0 atom stereocenters. The van der Waals surface area contributed by atoms with E-state index in [9.17, 15) is 18.4 Å². The first-order chi connectivity index (χ1) is 7.50. The number of halogens is 2. The lowest BCUT2D eigenvalue weighted by Gasteiger charge is -2.00. The van der Waals surface area contributed by atoms with Crippen LogP contribution in [0.2, 0.25) is 0 Å². The molecule has 0 amide bonds. The highest BCUT2D eigenvalue weighted by Gasteiger charge is 2.10. The molecule has 0 unspecified atom stereocenters. The molecule has 1 N–H and O–H groups in total. The van der Waals surface area contributed by atoms with Crippen molar-refractivity contribution in [2.75, 3.05) is 11.5 Å². The first-order valence-corrected chi connectivity index (χ1v) is 5.44. The average Bonchev–Trinajstić information content (AvgIpc) is 2.21. The second-order valence-corrected chi connectivity index (χ2v) is 3.92. The second kappa shape index (κ2) is 5.60. The van der Waals surface area contributed by atoms with E-state index in [1.54, 1.807) is 0 Å². The Morgan fingerprint density at radius 1 is 1.19 bits per heavy atom. The van der Waals surface area contributed by atoms with Gasteiger partial charge in [0.05, 0.1) is 11.5 Å². The van der Waals surface area contributed by atoms with Crippen molar-refractivity contribution in [1.29, 1.82) is 0 Å². The number of carbonyl (C=O) groups excluding carboxylic acids is 1. The van der Waals surface area contributed by atoms with Gasteiger partial charge in [-0.15, -0.1) is 11.8 Å². The standard InChI is InChI=1S/C10H8F2O3S/c11-7-2-1-6(3-8(7)12)9(13)4-16-5-10(14)15/h1-3H,4-5H2,(H,14,15). The largest absolute Gasteiger partial charge is 0.481 e. The lowest BCUT2D eigenvalue weighted by molar-refractivity contribution is -0.133. The Hall–Kier alpha value is -1.43. The maximum absolute atomic E-state index is 12.8. The predicted molar refractivity (Wildman–Crippen MR) is 55.6 cm³/mol. The van der Waals surface area contributed by atoms with Crippen LogP contribution >= 0.6 is 11.8 Å². The number of rotatable bonds is 5. The maximum Gasteiger partial charge on any atom is 0.313 e. The van der Waals surface area contributed by atoms with E-state index in [-0.39, 0.29) is 17.1 Å². The zero-order valence-electron chi connectivity index (χ0n) is 8.07. The number of hydrogen-bond acceptors (Lipinski definition) is 3. The van der Waals surface area contributed by atoms with E-state index >= 15 is 0 Å². The highest BCUT2D eigenvalue weighted by Crippen LogP contribution is 2.11. The summed E-state index contributed by atoms with van der Waals surface area (Å²) in [6.45, 7) is 0. The van der Waals surface area contributed by atoms with Gasteiger partial charge in [0.1, 0.15) is 0 Å². The molecule has 0 saturated carbocycles. The van der Waals surface area contributed by atoms with Crippen molar-refractivity contribution in [3.8, 4) is 0 Å². The van der Waals surface area contributed by atoms with Crippen LogP contribution in [0.5, 0.6) is 0 Å². The zero-order valence-corrected chi connectivity index (χ0v) is 8.89. The molecule has 0 spiro atoms. The minimum atomic E-state index is -1.09.